The summed E-state index contributed by atoms with van der Waals surface area (Å²) in [7, 11) is 0. The van der Waals surface area contributed by atoms with Gasteiger partial charge in [-0.1, -0.05) is 56.3 Å². The first-order valence-corrected chi connectivity index (χ1v) is 10.3. The number of benzene rings is 2. The number of hydrogen-bond acceptors (Lipinski definition) is 5. The molecule has 0 bridgehead atoms. The zero-order valence-electron chi connectivity index (χ0n) is 17.4. The normalized spacial score (nSPS) is 18.4. The Kier molecular flexibility index (Phi) is 6.38. The smallest absolute Gasteiger partial charge is 0.305 e. The first kappa shape index (κ1) is 21.1. The molecule has 29 heavy (non-hydrogen) atoms. The molecule has 1 atom stereocenters. The van der Waals surface area contributed by atoms with Crippen LogP contribution in [-0.4, -0.2) is 29.1 Å². The lowest BCUT2D eigenvalue weighted by Gasteiger charge is -2.43. The number of para-hydroxylation sites is 1. The van der Waals surface area contributed by atoms with Gasteiger partial charge in [0.25, 0.3) is 0 Å². The van der Waals surface area contributed by atoms with Crippen molar-refractivity contribution < 1.29 is 19.5 Å². The van der Waals surface area contributed by atoms with Gasteiger partial charge in [0.1, 0.15) is 5.54 Å². The molecule has 2 aromatic carbocycles. The molecule has 0 heterocycles. The van der Waals surface area contributed by atoms with Crippen molar-refractivity contribution >= 4 is 17.4 Å². The Morgan fingerprint density at radius 2 is 1.86 bits per heavy atom. The molecule has 0 amide bonds. The molecule has 0 fully saturated rings. The molecule has 5 heteroatoms. The number of carbonyl (C=O) groups excluding carboxylic acids is 2. The van der Waals surface area contributed by atoms with E-state index in [9.17, 15) is 14.8 Å². The standard InChI is InChI=1S/C24H29NO4/c1-4-29-22(26)14-16-24(15-13-18-9-5-6-11-20(18)23(24)27)25(28)21-12-8-7-10-19(21)17(2)3/h5-12,17,28H,4,13-16H2,1-3H3. The molecule has 0 saturated heterocycles. The van der Waals surface area contributed by atoms with Crippen LogP contribution in [0, 0.1) is 0 Å². The van der Waals surface area contributed by atoms with E-state index in [1.807, 2.05) is 42.5 Å². The average Bonchev–Trinajstić information content (AvgIpc) is 2.73. The zero-order valence-corrected chi connectivity index (χ0v) is 17.4. The van der Waals surface area contributed by atoms with E-state index in [1.54, 1.807) is 13.0 Å². The van der Waals surface area contributed by atoms with E-state index >= 15 is 0 Å². The Labute approximate surface area is 172 Å². The van der Waals surface area contributed by atoms with Crippen molar-refractivity contribution in [3.63, 3.8) is 0 Å². The summed E-state index contributed by atoms with van der Waals surface area (Å²) in [6.07, 6.45) is 1.36. The minimum Gasteiger partial charge on any atom is -0.466 e. The summed E-state index contributed by atoms with van der Waals surface area (Å²) in [5.41, 5.74) is 1.96. The number of hydroxylamine groups is 1. The van der Waals surface area contributed by atoms with E-state index in [4.69, 9.17) is 4.74 Å². The van der Waals surface area contributed by atoms with Gasteiger partial charge in [-0.25, -0.2) is 5.06 Å². The fourth-order valence-electron chi connectivity index (χ4n) is 4.15. The number of carbonyl (C=O) groups is 2. The summed E-state index contributed by atoms with van der Waals surface area (Å²) >= 11 is 0. The molecule has 1 aliphatic carbocycles. The zero-order chi connectivity index (χ0) is 21.0. The van der Waals surface area contributed by atoms with Gasteiger partial charge < -0.3 is 4.74 Å². The second kappa shape index (κ2) is 8.78. The van der Waals surface area contributed by atoms with Crippen LogP contribution in [-0.2, 0) is 16.0 Å². The lowest BCUT2D eigenvalue weighted by Crippen LogP contribution is -2.56. The van der Waals surface area contributed by atoms with Gasteiger partial charge in [-0.3, -0.25) is 14.8 Å². The van der Waals surface area contributed by atoms with Gasteiger partial charge >= 0.3 is 5.97 Å². The molecule has 1 unspecified atom stereocenters. The van der Waals surface area contributed by atoms with Crippen molar-refractivity contribution in [2.45, 2.75) is 57.9 Å². The van der Waals surface area contributed by atoms with E-state index in [2.05, 4.69) is 13.8 Å². The van der Waals surface area contributed by atoms with Crippen LogP contribution in [0.1, 0.15) is 67.4 Å². The highest BCUT2D eigenvalue weighted by Gasteiger charge is 2.48. The quantitative estimate of drug-likeness (QED) is 0.533. The number of ether oxygens (including phenoxy) is 1. The molecule has 0 spiro atoms. The second-order valence-electron chi connectivity index (χ2n) is 7.85. The van der Waals surface area contributed by atoms with Crippen molar-refractivity contribution in [2.75, 3.05) is 11.7 Å². The molecule has 1 N–H and O–H groups in total. The van der Waals surface area contributed by atoms with Crippen LogP contribution in [0.5, 0.6) is 0 Å². The fraction of sp³-hybridized carbons (Fsp3) is 0.417. The lowest BCUT2D eigenvalue weighted by atomic mass is 9.73. The molecular formula is C24H29NO4. The molecular weight excluding hydrogens is 366 g/mol. The van der Waals surface area contributed by atoms with E-state index in [0.29, 0.717) is 30.7 Å². The maximum Gasteiger partial charge on any atom is 0.305 e. The third-order valence-electron chi connectivity index (χ3n) is 5.73. The van der Waals surface area contributed by atoms with Crippen LogP contribution in [0.4, 0.5) is 5.69 Å². The van der Waals surface area contributed by atoms with Crippen LogP contribution < -0.4 is 5.06 Å². The van der Waals surface area contributed by atoms with E-state index < -0.39 is 5.54 Å². The van der Waals surface area contributed by atoms with Gasteiger partial charge in [-0.05, 0) is 49.3 Å². The molecule has 5 nitrogen and oxygen atoms in total. The van der Waals surface area contributed by atoms with Crippen molar-refractivity contribution in [1.29, 1.82) is 0 Å². The highest BCUT2D eigenvalue weighted by atomic mass is 16.5. The number of esters is 1. The largest absolute Gasteiger partial charge is 0.466 e. The molecule has 0 saturated carbocycles. The third kappa shape index (κ3) is 4.06. The minimum atomic E-state index is -1.20. The molecule has 2 aromatic rings. The highest BCUT2D eigenvalue weighted by Crippen LogP contribution is 2.40. The summed E-state index contributed by atoms with van der Waals surface area (Å²) in [4.78, 5) is 25.7. The predicted octanol–water partition coefficient (Wildman–Crippen LogP) is 4.92. The number of ketones is 1. The van der Waals surface area contributed by atoms with Gasteiger partial charge in [0.15, 0.2) is 5.78 Å². The van der Waals surface area contributed by atoms with Crippen molar-refractivity contribution in [2.24, 2.45) is 0 Å². The summed E-state index contributed by atoms with van der Waals surface area (Å²) in [6, 6.07) is 15.1. The predicted molar refractivity (Wildman–Crippen MR) is 112 cm³/mol. The van der Waals surface area contributed by atoms with Crippen LogP contribution >= 0.6 is 0 Å². The summed E-state index contributed by atoms with van der Waals surface area (Å²) in [6.45, 7) is 6.15. The highest BCUT2D eigenvalue weighted by molar-refractivity contribution is 6.07. The first-order valence-electron chi connectivity index (χ1n) is 10.3. The number of nitrogens with zero attached hydrogens (tertiary/aromatic N) is 1. The Morgan fingerprint density at radius 1 is 1.17 bits per heavy atom. The maximum atomic E-state index is 13.7. The molecule has 0 aliphatic heterocycles. The Balaban J connectivity index is 2.05. The van der Waals surface area contributed by atoms with Gasteiger partial charge in [0.2, 0.25) is 0 Å². The number of hydrogen-bond donors (Lipinski definition) is 1. The van der Waals surface area contributed by atoms with Crippen molar-refractivity contribution in [3.8, 4) is 0 Å². The van der Waals surface area contributed by atoms with E-state index in [0.717, 1.165) is 16.2 Å². The van der Waals surface area contributed by atoms with E-state index in [1.165, 1.54) is 0 Å². The SMILES string of the molecule is CCOC(=O)CCC1(N(O)c2ccccc2C(C)C)CCc2ccccc2C1=O. The van der Waals surface area contributed by atoms with Gasteiger partial charge in [-0.2, -0.15) is 0 Å². The number of anilines is 1. The molecule has 3 rings (SSSR count). The number of Topliss-reactive ketones (excluding diaryl/α,β-unsaturated/α-hetero) is 1. The number of aryl methyl sites for hydroxylation is 1. The molecule has 154 valence electrons. The molecule has 0 aromatic heterocycles. The average molecular weight is 395 g/mol. The minimum absolute atomic E-state index is 0.0721. The summed E-state index contributed by atoms with van der Waals surface area (Å²) in [5.74, 6) is -0.331. The van der Waals surface area contributed by atoms with Gasteiger partial charge in [0, 0.05) is 12.0 Å². The summed E-state index contributed by atoms with van der Waals surface area (Å²) in [5, 5.41) is 12.5. The topological polar surface area (TPSA) is 66.8 Å². The fourth-order valence-corrected chi connectivity index (χ4v) is 4.15. The first-order chi connectivity index (χ1) is 13.9. The Bertz CT molecular complexity index is 892. The Hall–Kier alpha value is -2.66. The van der Waals surface area contributed by atoms with Gasteiger partial charge in [-0.15, -0.1) is 0 Å². The molecule has 1 aliphatic rings. The monoisotopic (exact) mass is 395 g/mol. The Morgan fingerprint density at radius 3 is 2.59 bits per heavy atom. The second-order valence-corrected chi connectivity index (χ2v) is 7.85. The maximum absolute atomic E-state index is 13.7. The number of fused-ring (bicyclic) bond motifs is 1. The van der Waals surface area contributed by atoms with Crippen LogP contribution in [0.25, 0.3) is 0 Å². The number of rotatable bonds is 7. The van der Waals surface area contributed by atoms with E-state index in [-0.39, 0.29) is 30.5 Å². The van der Waals surface area contributed by atoms with Gasteiger partial charge in [0.05, 0.1) is 12.3 Å². The lowest BCUT2D eigenvalue weighted by molar-refractivity contribution is -0.143. The van der Waals surface area contributed by atoms with Crippen molar-refractivity contribution in [3.05, 3.63) is 65.2 Å². The van der Waals surface area contributed by atoms with Crippen LogP contribution in [0.3, 0.4) is 0 Å². The third-order valence-corrected chi connectivity index (χ3v) is 5.73. The van der Waals surface area contributed by atoms with Crippen LogP contribution in [0.2, 0.25) is 0 Å². The summed E-state index contributed by atoms with van der Waals surface area (Å²) < 4.78 is 5.08. The van der Waals surface area contributed by atoms with Crippen LogP contribution in [0.15, 0.2) is 48.5 Å². The van der Waals surface area contributed by atoms with Crippen molar-refractivity contribution in [1.82, 2.24) is 0 Å². The molecule has 0 radical (unpaired) electrons.